The third kappa shape index (κ3) is 4.63. The van der Waals surface area contributed by atoms with Gasteiger partial charge in [0, 0.05) is 18.5 Å². The van der Waals surface area contributed by atoms with Gasteiger partial charge < -0.3 is 15.0 Å². The molecule has 3 aromatic rings. The summed E-state index contributed by atoms with van der Waals surface area (Å²) in [4.78, 5) is 47.4. The molecule has 3 N–H and O–H groups in total. The number of nitrogens with one attached hydrogen (secondary N) is 1. The SMILES string of the molecule is CCCCn1c(N)c(N(Cc2ccco2)C(=O)C2CC(c3cccc(F)c3)=NO2)c(=O)[nH]c1=O. The fourth-order valence-corrected chi connectivity index (χ4v) is 3.72. The smallest absolute Gasteiger partial charge is 0.330 e. The van der Waals surface area contributed by atoms with Crippen molar-refractivity contribution in [1.82, 2.24) is 9.55 Å². The van der Waals surface area contributed by atoms with Crippen molar-refractivity contribution in [3.8, 4) is 0 Å². The van der Waals surface area contributed by atoms with Crippen LogP contribution < -0.4 is 21.9 Å². The molecular weight excluding hydrogens is 445 g/mol. The Morgan fingerprint density at radius 3 is 2.85 bits per heavy atom. The summed E-state index contributed by atoms with van der Waals surface area (Å²) < 4.78 is 20.2. The highest BCUT2D eigenvalue weighted by atomic mass is 19.1. The van der Waals surface area contributed by atoms with Crippen molar-refractivity contribution in [2.75, 3.05) is 10.6 Å². The van der Waals surface area contributed by atoms with Crippen molar-refractivity contribution >= 4 is 23.1 Å². The van der Waals surface area contributed by atoms with Gasteiger partial charge in [-0.25, -0.2) is 9.18 Å². The number of unbranched alkanes of at least 4 members (excludes halogenated alkanes) is 1. The molecule has 178 valence electrons. The van der Waals surface area contributed by atoms with Crippen molar-refractivity contribution < 1.29 is 18.4 Å². The molecule has 4 rings (SSSR count). The first-order chi connectivity index (χ1) is 16.4. The average Bonchev–Trinajstić information content (AvgIpc) is 3.50. The minimum absolute atomic E-state index is 0.0597. The Balaban J connectivity index is 1.68. The Kier molecular flexibility index (Phi) is 6.62. The van der Waals surface area contributed by atoms with Gasteiger partial charge in [0.05, 0.1) is 18.5 Å². The lowest BCUT2D eigenvalue weighted by molar-refractivity contribution is -0.128. The van der Waals surface area contributed by atoms with E-state index in [2.05, 4.69) is 10.1 Å². The van der Waals surface area contributed by atoms with Crippen LogP contribution in [0.5, 0.6) is 0 Å². The van der Waals surface area contributed by atoms with Gasteiger partial charge in [-0.15, -0.1) is 0 Å². The van der Waals surface area contributed by atoms with E-state index in [1.807, 2.05) is 6.92 Å². The summed E-state index contributed by atoms with van der Waals surface area (Å²) in [7, 11) is 0. The normalized spacial score (nSPS) is 15.1. The number of rotatable bonds is 8. The summed E-state index contributed by atoms with van der Waals surface area (Å²) in [6.45, 7) is 2.11. The minimum Gasteiger partial charge on any atom is -0.467 e. The highest BCUT2D eigenvalue weighted by Crippen LogP contribution is 2.25. The van der Waals surface area contributed by atoms with E-state index in [0.717, 1.165) is 11.3 Å². The van der Waals surface area contributed by atoms with E-state index in [-0.39, 0.29) is 31.0 Å². The largest absolute Gasteiger partial charge is 0.467 e. The number of H-pyrrole nitrogens is 1. The predicted molar refractivity (Wildman–Crippen MR) is 123 cm³/mol. The fraction of sp³-hybridized carbons (Fsp3) is 0.304. The summed E-state index contributed by atoms with van der Waals surface area (Å²) >= 11 is 0. The molecule has 0 saturated heterocycles. The molecule has 0 bridgehead atoms. The highest BCUT2D eigenvalue weighted by molar-refractivity contribution is 6.07. The summed E-state index contributed by atoms with van der Waals surface area (Å²) in [6, 6.07) is 9.07. The first-order valence-electron chi connectivity index (χ1n) is 10.8. The van der Waals surface area contributed by atoms with Gasteiger partial charge in [-0.05, 0) is 30.7 Å². The number of amides is 1. The number of aromatic amines is 1. The van der Waals surface area contributed by atoms with Crippen molar-refractivity contribution in [3.63, 3.8) is 0 Å². The second-order valence-electron chi connectivity index (χ2n) is 7.85. The molecule has 1 amide bonds. The standard InChI is InChI=1S/C23H24FN5O5/c1-2-3-9-28-20(25)19(21(30)26-23(28)32)29(13-16-8-5-10-33-16)22(31)18-12-17(27-34-18)14-6-4-7-15(24)11-14/h4-8,10-11,18H,2-3,9,12-13,25H2,1H3,(H,26,30,32). The second-order valence-corrected chi connectivity index (χ2v) is 7.85. The Hall–Kier alpha value is -4.15. The maximum Gasteiger partial charge on any atom is 0.330 e. The number of hydrogen-bond acceptors (Lipinski definition) is 7. The summed E-state index contributed by atoms with van der Waals surface area (Å²) in [6.07, 6.45) is 1.86. The molecule has 1 aromatic carbocycles. The van der Waals surface area contributed by atoms with E-state index in [1.54, 1.807) is 18.2 Å². The van der Waals surface area contributed by atoms with Gasteiger partial charge in [-0.2, -0.15) is 0 Å². The molecule has 0 aliphatic carbocycles. The molecule has 10 nitrogen and oxygen atoms in total. The van der Waals surface area contributed by atoms with Crippen molar-refractivity contribution in [2.45, 2.75) is 45.4 Å². The zero-order valence-electron chi connectivity index (χ0n) is 18.5. The number of nitrogens with zero attached hydrogens (tertiary/aromatic N) is 3. The van der Waals surface area contributed by atoms with Crippen LogP contribution in [0.2, 0.25) is 0 Å². The maximum absolute atomic E-state index is 13.6. The molecule has 0 radical (unpaired) electrons. The van der Waals surface area contributed by atoms with Crippen LogP contribution in [0.1, 0.15) is 37.5 Å². The molecule has 34 heavy (non-hydrogen) atoms. The lowest BCUT2D eigenvalue weighted by atomic mass is 10.0. The van der Waals surface area contributed by atoms with Crippen molar-refractivity contribution in [1.29, 1.82) is 0 Å². The van der Waals surface area contributed by atoms with Gasteiger partial charge in [0.1, 0.15) is 17.4 Å². The van der Waals surface area contributed by atoms with Gasteiger partial charge >= 0.3 is 5.69 Å². The van der Waals surface area contributed by atoms with Crippen LogP contribution in [-0.4, -0.2) is 27.3 Å². The molecule has 0 saturated carbocycles. The van der Waals surface area contributed by atoms with Gasteiger partial charge in [-0.3, -0.25) is 24.0 Å². The van der Waals surface area contributed by atoms with Crippen molar-refractivity contribution in [3.05, 3.63) is 80.6 Å². The van der Waals surface area contributed by atoms with Crippen LogP contribution in [-0.2, 0) is 22.7 Å². The Morgan fingerprint density at radius 1 is 1.32 bits per heavy atom. The number of carbonyl (C=O) groups excluding carboxylic acids is 1. The number of nitrogens with two attached hydrogens (primary N) is 1. The predicted octanol–water partition coefficient (Wildman–Crippen LogP) is 2.38. The van der Waals surface area contributed by atoms with Gasteiger partial charge in [-0.1, -0.05) is 30.6 Å². The maximum atomic E-state index is 13.6. The zero-order chi connectivity index (χ0) is 24.2. The lowest BCUT2D eigenvalue weighted by Gasteiger charge is -2.25. The molecule has 1 aliphatic heterocycles. The van der Waals surface area contributed by atoms with Crippen molar-refractivity contribution in [2.24, 2.45) is 5.16 Å². The van der Waals surface area contributed by atoms with Crippen LogP contribution in [0, 0.1) is 5.82 Å². The third-order valence-electron chi connectivity index (χ3n) is 5.48. The van der Waals surface area contributed by atoms with E-state index in [1.165, 1.54) is 29.0 Å². The number of hydrogen-bond donors (Lipinski definition) is 2. The monoisotopic (exact) mass is 469 g/mol. The lowest BCUT2D eigenvalue weighted by Crippen LogP contribution is -2.44. The molecule has 1 unspecified atom stereocenters. The molecule has 3 heterocycles. The first kappa shape index (κ1) is 23.0. The van der Waals surface area contributed by atoms with Crippen LogP contribution in [0.15, 0.2) is 61.8 Å². The quantitative estimate of drug-likeness (QED) is 0.520. The number of furan rings is 1. The van der Waals surface area contributed by atoms with E-state index in [4.69, 9.17) is 15.0 Å². The van der Waals surface area contributed by atoms with Gasteiger partial charge in [0.2, 0.25) is 6.10 Å². The minimum atomic E-state index is -1.08. The number of benzene rings is 1. The Labute approximate surface area is 193 Å². The molecule has 0 spiro atoms. The van der Waals surface area contributed by atoms with E-state index >= 15 is 0 Å². The highest BCUT2D eigenvalue weighted by Gasteiger charge is 2.36. The number of nitrogen functional groups attached to an aromatic ring is 1. The van der Waals surface area contributed by atoms with E-state index < -0.39 is 29.1 Å². The second kappa shape index (κ2) is 9.77. The third-order valence-corrected chi connectivity index (χ3v) is 5.48. The zero-order valence-corrected chi connectivity index (χ0v) is 18.5. The summed E-state index contributed by atoms with van der Waals surface area (Å²) in [5.74, 6) is -0.790. The van der Waals surface area contributed by atoms with Crippen LogP contribution in [0.25, 0.3) is 0 Å². The Morgan fingerprint density at radius 2 is 2.15 bits per heavy atom. The number of carbonyl (C=O) groups is 1. The molecule has 11 heteroatoms. The summed E-state index contributed by atoms with van der Waals surface area (Å²) in [5.41, 5.74) is 5.47. The molecular formula is C23H24FN5O5. The van der Waals surface area contributed by atoms with Crippen LogP contribution in [0.3, 0.4) is 0 Å². The first-order valence-corrected chi connectivity index (χ1v) is 10.8. The summed E-state index contributed by atoms with van der Waals surface area (Å²) in [5, 5.41) is 3.95. The number of oxime groups is 1. The molecule has 0 fully saturated rings. The Bertz CT molecular complexity index is 1330. The number of halogens is 1. The van der Waals surface area contributed by atoms with E-state index in [0.29, 0.717) is 23.5 Å². The number of anilines is 2. The molecule has 2 aromatic heterocycles. The molecule has 1 aliphatic rings. The van der Waals surface area contributed by atoms with E-state index in [9.17, 15) is 18.8 Å². The van der Waals surface area contributed by atoms with Crippen LogP contribution in [0.4, 0.5) is 15.9 Å². The fourth-order valence-electron chi connectivity index (χ4n) is 3.72. The number of aromatic nitrogens is 2. The average molecular weight is 469 g/mol. The topological polar surface area (TPSA) is 136 Å². The molecule has 1 atom stereocenters. The van der Waals surface area contributed by atoms with Gasteiger partial charge in [0.15, 0.2) is 5.69 Å². The van der Waals surface area contributed by atoms with Crippen LogP contribution >= 0.6 is 0 Å². The van der Waals surface area contributed by atoms with Gasteiger partial charge in [0.25, 0.3) is 11.5 Å².